The maximum absolute atomic E-state index is 12.2. The first-order valence-electron chi connectivity index (χ1n) is 7.69. The first kappa shape index (κ1) is 15.7. The fourth-order valence-corrected chi connectivity index (χ4v) is 2.72. The largest absolute Gasteiger partial charge is 0.462 e. The molecule has 0 heterocycles. The Balaban J connectivity index is 1.70. The summed E-state index contributed by atoms with van der Waals surface area (Å²) < 4.78 is 5.33. The topological polar surface area (TPSA) is 69.4 Å². The van der Waals surface area contributed by atoms with Gasteiger partial charge < -0.3 is 10.5 Å². The van der Waals surface area contributed by atoms with Gasteiger partial charge in [0.15, 0.2) is 0 Å². The minimum absolute atomic E-state index is 0.174. The Morgan fingerprint density at radius 2 is 1.50 bits per heavy atom. The van der Waals surface area contributed by atoms with Crippen molar-refractivity contribution in [3.63, 3.8) is 0 Å². The Morgan fingerprint density at radius 3 is 2.29 bits per heavy atom. The summed E-state index contributed by atoms with van der Waals surface area (Å²) in [5.74, 6) is -1.18. The Hall–Kier alpha value is -3.14. The quantitative estimate of drug-likeness (QED) is 0.733. The van der Waals surface area contributed by atoms with E-state index in [2.05, 4.69) is 6.07 Å². The number of ether oxygens (including phenoxy) is 1. The van der Waals surface area contributed by atoms with Crippen LogP contribution in [0.1, 0.15) is 26.3 Å². The lowest BCUT2D eigenvalue weighted by molar-refractivity contribution is 0.0506. The lowest BCUT2D eigenvalue weighted by Gasteiger charge is -2.09. The first-order valence-corrected chi connectivity index (χ1v) is 7.69. The molecule has 3 aromatic carbocycles. The molecule has 0 unspecified atom stereocenters. The number of esters is 1. The van der Waals surface area contributed by atoms with Gasteiger partial charge >= 0.3 is 5.97 Å². The van der Waals surface area contributed by atoms with Gasteiger partial charge in [-0.2, -0.15) is 0 Å². The van der Waals surface area contributed by atoms with Crippen molar-refractivity contribution in [2.45, 2.75) is 6.42 Å². The third-order valence-corrected chi connectivity index (χ3v) is 3.90. The Bertz CT molecular complexity index is 897. The monoisotopic (exact) mass is 319 g/mol. The van der Waals surface area contributed by atoms with Crippen molar-refractivity contribution in [1.82, 2.24) is 0 Å². The highest BCUT2D eigenvalue weighted by Gasteiger charge is 2.15. The van der Waals surface area contributed by atoms with Gasteiger partial charge in [0.05, 0.1) is 17.7 Å². The summed E-state index contributed by atoms with van der Waals surface area (Å²) in [6, 6.07) is 20.5. The van der Waals surface area contributed by atoms with Crippen LogP contribution in [0.5, 0.6) is 0 Å². The van der Waals surface area contributed by atoms with Gasteiger partial charge in [0.2, 0.25) is 5.91 Å². The van der Waals surface area contributed by atoms with Crippen molar-refractivity contribution in [3.8, 4) is 0 Å². The average molecular weight is 319 g/mol. The number of fused-ring (bicyclic) bond motifs is 1. The van der Waals surface area contributed by atoms with Crippen LogP contribution in [0, 0.1) is 0 Å². The zero-order valence-corrected chi connectivity index (χ0v) is 13.1. The molecule has 0 fully saturated rings. The molecule has 0 aromatic heterocycles. The van der Waals surface area contributed by atoms with Crippen LogP contribution in [0.15, 0.2) is 66.7 Å². The van der Waals surface area contributed by atoms with E-state index < -0.39 is 11.9 Å². The van der Waals surface area contributed by atoms with Crippen molar-refractivity contribution in [3.05, 3.63) is 83.4 Å². The van der Waals surface area contributed by atoms with Gasteiger partial charge in [-0.05, 0) is 28.5 Å². The van der Waals surface area contributed by atoms with Gasteiger partial charge in [0, 0.05) is 6.42 Å². The number of hydrogen-bond acceptors (Lipinski definition) is 3. The number of carbonyl (C=O) groups is 2. The Labute approximate surface area is 139 Å². The third-order valence-electron chi connectivity index (χ3n) is 3.90. The molecule has 0 spiro atoms. The van der Waals surface area contributed by atoms with Crippen molar-refractivity contribution < 1.29 is 14.3 Å². The van der Waals surface area contributed by atoms with Crippen LogP contribution in [0.2, 0.25) is 0 Å². The summed E-state index contributed by atoms with van der Waals surface area (Å²) in [5.41, 5.74) is 6.77. The minimum Gasteiger partial charge on any atom is -0.462 e. The molecular formula is C20H17NO3. The summed E-state index contributed by atoms with van der Waals surface area (Å²) in [4.78, 5) is 23.6. The van der Waals surface area contributed by atoms with Gasteiger partial charge in [-0.15, -0.1) is 0 Å². The van der Waals surface area contributed by atoms with Crippen LogP contribution < -0.4 is 5.73 Å². The van der Waals surface area contributed by atoms with Gasteiger partial charge in [0.25, 0.3) is 0 Å². The molecule has 4 nitrogen and oxygen atoms in total. The van der Waals surface area contributed by atoms with Gasteiger partial charge in [0.1, 0.15) is 0 Å². The third kappa shape index (κ3) is 3.27. The number of nitrogens with two attached hydrogens (primary N) is 1. The molecule has 120 valence electrons. The normalized spacial score (nSPS) is 10.5. The molecular weight excluding hydrogens is 302 g/mol. The molecule has 24 heavy (non-hydrogen) atoms. The van der Waals surface area contributed by atoms with E-state index in [4.69, 9.17) is 10.5 Å². The highest BCUT2D eigenvalue weighted by atomic mass is 16.5. The number of benzene rings is 3. The summed E-state index contributed by atoms with van der Waals surface area (Å²) in [7, 11) is 0. The van der Waals surface area contributed by atoms with Crippen molar-refractivity contribution in [2.75, 3.05) is 6.61 Å². The summed E-state index contributed by atoms with van der Waals surface area (Å²) in [5, 5.41) is 2.30. The molecule has 0 bridgehead atoms. The van der Waals surface area contributed by atoms with Crippen LogP contribution in [-0.2, 0) is 11.2 Å². The number of amides is 1. The molecule has 0 atom stereocenters. The molecule has 2 N–H and O–H groups in total. The number of hydrogen-bond donors (Lipinski definition) is 1. The van der Waals surface area contributed by atoms with Gasteiger partial charge in [-0.1, -0.05) is 54.6 Å². The van der Waals surface area contributed by atoms with E-state index in [1.807, 2.05) is 36.4 Å². The number of rotatable bonds is 5. The summed E-state index contributed by atoms with van der Waals surface area (Å²) in [6.07, 6.45) is 0.603. The highest BCUT2D eigenvalue weighted by Crippen LogP contribution is 2.19. The summed E-state index contributed by atoms with van der Waals surface area (Å²) in [6.45, 7) is 0.236. The van der Waals surface area contributed by atoms with E-state index in [1.165, 1.54) is 6.07 Å². The van der Waals surface area contributed by atoms with Crippen LogP contribution in [-0.4, -0.2) is 18.5 Å². The maximum atomic E-state index is 12.2. The van der Waals surface area contributed by atoms with Crippen LogP contribution >= 0.6 is 0 Å². The van der Waals surface area contributed by atoms with Crippen molar-refractivity contribution in [2.24, 2.45) is 5.73 Å². The Kier molecular flexibility index (Phi) is 4.57. The van der Waals surface area contributed by atoms with Crippen LogP contribution in [0.3, 0.4) is 0 Å². The van der Waals surface area contributed by atoms with E-state index in [0.717, 1.165) is 16.3 Å². The second kappa shape index (κ2) is 6.96. The van der Waals surface area contributed by atoms with E-state index >= 15 is 0 Å². The summed E-state index contributed by atoms with van der Waals surface area (Å²) >= 11 is 0. The lowest BCUT2D eigenvalue weighted by atomic mass is 10.0. The average Bonchev–Trinajstić information content (AvgIpc) is 2.61. The predicted octanol–water partition coefficient (Wildman–Crippen LogP) is 3.34. The van der Waals surface area contributed by atoms with E-state index in [-0.39, 0.29) is 17.7 Å². The molecule has 0 aliphatic carbocycles. The maximum Gasteiger partial charge on any atom is 0.338 e. The molecule has 0 saturated heterocycles. The molecule has 0 aliphatic heterocycles. The lowest BCUT2D eigenvalue weighted by Crippen LogP contribution is -2.18. The van der Waals surface area contributed by atoms with E-state index in [0.29, 0.717) is 6.42 Å². The second-order valence-electron chi connectivity index (χ2n) is 5.43. The molecule has 0 aliphatic rings. The molecule has 0 saturated carbocycles. The molecule has 3 rings (SSSR count). The highest BCUT2D eigenvalue weighted by molar-refractivity contribution is 6.04. The standard InChI is InChI=1S/C20H17NO3/c21-19(22)17-10-3-4-11-18(17)20(23)24-13-12-15-8-5-7-14-6-1-2-9-16(14)15/h1-11H,12-13H2,(H2,21,22). The van der Waals surface area contributed by atoms with Crippen LogP contribution in [0.4, 0.5) is 0 Å². The molecule has 0 radical (unpaired) electrons. The van der Waals surface area contributed by atoms with E-state index in [9.17, 15) is 9.59 Å². The second-order valence-corrected chi connectivity index (χ2v) is 5.43. The van der Waals surface area contributed by atoms with Gasteiger partial charge in [-0.3, -0.25) is 4.79 Å². The SMILES string of the molecule is NC(=O)c1ccccc1C(=O)OCCc1cccc2ccccc12. The van der Waals surface area contributed by atoms with E-state index in [1.54, 1.807) is 18.2 Å². The zero-order valence-electron chi connectivity index (χ0n) is 13.1. The molecule has 1 amide bonds. The predicted molar refractivity (Wildman–Crippen MR) is 92.9 cm³/mol. The van der Waals surface area contributed by atoms with Gasteiger partial charge in [-0.25, -0.2) is 4.79 Å². The number of carbonyl (C=O) groups excluding carboxylic acids is 2. The first-order chi connectivity index (χ1) is 11.7. The smallest absolute Gasteiger partial charge is 0.338 e. The number of primary amides is 1. The van der Waals surface area contributed by atoms with Crippen molar-refractivity contribution >= 4 is 22.6 Å². The Morgan fingerprint density at radius 1 is 0.833 bits per heavy atom. The fraction of sp³-hybridized carbons (Fsp3) is 0.100. The molecule has 3 aromatic rings. The minimum atomic E-state index is -0.642. The van der Waals surface area contributed by atoms with Crippen LogP contribution in [0.25, 0.3) is 10.8 Å². The fourth-order valence-electron chi connectivity index (χ4n) is 2.72. The van der Waals surface area contributed by atoms with Crippen molar-refractivity contribution in [1.29, 1.82) is 0 Å². The molecule has 4 heteroatoms. The zero-order chi connectivity index (χ0) is 16.9.